The minimum Gasteiger partial charge on any atom is -0.383 e. The van der Waals surface area contributed by atoms with Crippen molar-refractivity contribution in [3.05, 3.63) is 72.4 Å². The minimum absolute atomic E-state index is 0.133. The molecule has 4 heteroatoms. The van der Waals surface area contributed by atoms with E-state index in [0.29, 0.717) is 5.82 Å². The molecular weight excluding hydrogens is 320 g/mol. The van der Waals surface area contributed by atoms with Crippen molar-refractivity contribution in [1.29, 1.82) is 0 Å². The van der Waals surface area contributed by atoms with Gasteiger partial charge in [-0.1, -0.05) is 75.4 Å². The quantitative estimate of drug-likeness (QED) is 0.561. The van der Waals surface area contributed by atoms with E-state index in [2.05, 4.69) is 55.1 Å². The maximum Gasteiger partial charge on any atom is 0.157 e. The predicted molar refractivity (Wildman–Crippen MR) is 107 cm³/mol. The largest absolute Gasteiger partial charge is 0.383 e. The van der Waals surface area contributed by atoms with E-state index in [9.17, 15) is 0 Å². The van der Waals surface area contributed by atoms with E-state index in [1.54, 1.807) is 4.52 Å². The SMILES string of the molecule is CC(C)(C)c1ccc(-c2cc3ncc(-c4ccccc4)c(N)n3n2)cc1. The second kappa shape index (κ2) is 5.99. The average molecular weight is 342 g/mol. The van der Waals surface area contributed by atoms with E-state index >= 15 is 0 Å². The number of nitrogen functional groups attached to an aromatic ring is 1. The summed E-state index contributed by atoms with van der Waals surface area (Å²) in [6, 6.07) is 20.5. The molecule has 2 aromatic heterocycles. The summed E-state index contributed by atoms with van der Waals surface area (Å²) in [6.45, 7) is 6.63. The second-order valence-electron chi connectivity index (χ2n) is 7.55. The number of anilines is 1. The number of nitrogens with two attached hydrogens (primary N) is 1. The molecule has 0 aliphatic rings. The summed E-state index contributed by atoms with van der Waals surface area (Å²) in [5.74, 6) is 0.596. The van der Waals surface area contributed by atoms with E-state index in [1.807, 2.05) is 42.6 Å². The van der Waals surface area contributed by atoms with Gasteiger partial charge in [0.25, 0.3) is 0 Å². The third kappa shape index (κ3) is 2.84. The fourth-order valence-electron chi connectivity index (χ4n) is 3.07. The molecule has 4 rings (SSSR count). The monoisotopic (exact) mass is 342 g/mol. The predicted octanol–water partition coefficient (Wildman–Crippen LogP) is 4.94. The lowest BCUT2D eigenvalue weighted by Gasteiger charge is -2.18. The molecule has 2 heterocycles. The Balaban J connectivity index is 1.78. The molecule has 0 unspecified atom stereocenters. The van der Waals surface area contributed by atoms with Crippen molar-refractivity contribution in [3.63, 3.8) is 0 Å². The van der Waals surface area contributed by atoms with Crippen molar-refractivity contribution in [3.8, 4) is 22.4 Å². The normalized spacial score (nSPS) is 11.8. The van der Waals surface area contributed by atoms with Crippen molar-refractivity contribution >= 4 is 11.5 Å². The Bertz CT molecular complexity index is 1060. The van der Waals surface area contributed by atoms with Gasteiger partial charge in [-0.05, 0) is 16.5 Å². The second-order valence-corrected chi connectivity index (χ2v) is 7.55. The van der Waals surface area contributed by atoms with Crippen molar-refractivity contribution in [1.82, 2.24) is 14.6 Å². The average Bonchev–Trinajstić information content (AvgIpc) is 3.07. The molecular formula is C22H22N4. The van der Waals surface area contributed by atoms with E-state index in [-0.39, 0.29) is 5.41 Å². The lowest BCUT2D eigenvalue weighted by atomic mass is 9.86. The lowest BCUT2D eigenvalue weighted by molar-refractivity contribution is 0.590. The van der Waals surface area contributed by atoms with Crippen LogP contribution < -0.4 is 5.73 Å². The molecule has 0 spiro atoms. The third-order valence-electron chi connectivity index (χ3n) is 4.65. The molecule has 2 N–H and O–H groups in total. The topological polar surface area (TPSA) is 56.2 Å². The van der Waals surface area contributed by atoms with Gasteiger partial charge in [-0.15, -0.1) is 0 Å². The van der Waals surface area contributed by atoms with Crippen LogP contribution in [0, 0.1) is 0 Å². The van der Waals surface area contributed by atoms with E-state index in [4.69, 9.17) is 5.73 Å². The van der Waals surface area contributed by atoms with Gasteiger partial charge in [0, 0.05) is 23.4 Å². The number of hydrogen-bond acceptors (Lipinski definition) is 3. The Labute approximate surface area is 153 Å². The van der Waals surface area contributed by atoms with Crippen LogP contribution in [0.4, 0.5) is 5.82 Å². The summed E-state index contributed by atoms with van der Waals surface area (Å²) in [7, 11) is 0. The first-order valence-corrected chi connectivity index (χ1v) is 8.74. The number of benzene rings is 2. The highest BCUT2D eigenvalue weighted by Gasteiger charge is 2.15. The molecule has 130 valence electrons. The van der Waals surface area contributed by atoms with Gasteiger partial charge in [0.05, 0.1) is 5.69 Å². The van der Waals surface area contributed by atoms with Gasteiger partial charge < -0.3 is 5.73 Å². The maximum absolute atomic E-state index is 6.38. The smallest absolute Gasteiger partial charge is 0.157 e. The maximum atomic E-state index is 6.38. The minimum atomic E-state index is 0.133. The van der Waals surface area contributed by atoms with Crippen LogP contribution in [0.3, 0.4) is 0 Å². The number of nitrogens with zero attached hydrogens (tertiary/aromatic N) is 3. The van der Waals surface area contributed by atoms with Gasteiger partial charge in [-0.25, -0.2) is 4.98 Å². The van der Waals surface area contributed by atoms with E-state index in [1.165, 1.54) is 5.56 Å². The summed E-state index contributed by atoms with van der Waals surface area (Å²) in [4.78, 5) is 4.54. The van der Waals surface area contributed by atoms with Crippen molar-refractivity contribution in [2.24, 2.45) is 0 Å². The molecule has 0 saturated heterocycles. The zero-order valence-corrected chi connectivity index (χ0v) is 15.3. The number of fused-ring (bicyclic) bond motifs is 1. The molecule has 0 aliphatic heterocycles. The van der Waals surface area contributed by atoms with Crippen molar-refractivity contribution < 1.29 is 0 Å². The highest BCUT2D eigenvalue weighted by molar-refractivity contribution is 5.76. The molecule has 26 heavy (non-hydrogen) atoms. The molecule has 0 atom stereocenters. The molecule has 0 radical (unpaired) electrons. The molecule has 0 saturated carbocycles. The number of aromatic nitrogens is 3. The molecule has 0 bridgehead atoms. The van der Waals surface area contributed by atoms with Crippen LogP contribution in [-0.2, 0) is 5.41 Å². The molecule has 0 aliphatic carbocycles. The standard InChI is InChI=1S/C22H22N4/c1-22(2,3)17-11-9-16(10-12-17)19-13-20-24-14-18(21(23)26(20)25-19)15-7-5-4-6-8-15/h4-14H,23H2,1-3H3. The molecule has 0 amide bonds. The van der Waals surface area contributed by atoms with Crippen LogP contribution in [0.15, 0.2) is 66.9 Å². The molecule has 4 nitrogen and oxygen atoms in total. The zero-order chi connectivity index (χ0) is 18.3. The first kappa shape index (κ1) is 16.3. The van der Waals surface area contributed by atoms with Crippen LogP contribution in [0.5, 0.6) is 0 Å². The van der Waals surface area contributed by atoms with Crippen LogP contribution in [0.2, 0.25) is 0 Å². The summed E-state index contributed by atoms with van der Waals surface area (Å²) in [5, 5.41) is 4.69. The highest BCUT2D eigenvalue weighted by Crippen LogP contribution is 2.29. The Morgan fingerprint density at radius 2 is 1.58 bits per heavy atom. The number of hydrogen-bond donors (Lipinski definition) is 1. The summed E-state index contributed by atoms with van der Waals surface area (Å²) >= 11 is 0. The van der Waals surface area contributed by atoms with Crippen LogP contribution in [0.1, 0.15) is 26.3 Å². The first-order chi connectivity index (χ1) is 12.4. The van der Waals surface area contributed by atoms with Gasteiger partial charge >= 0.3 is 0 Å². The summed E-state index contributed by atoms with van der Waals surface area (Å²) in [5.41, 5.74) is 12.4. The molecule has 2 aromatic carbocycles. The van der Waals surface area contributed by atoms with Gasteiger partial charge in [0.1, 0.15) is 5.82 Å². The lowest BCUT2D eigenvalue weighted by Crippen LogP contribution is -2.10. The zero-order valence-electron chi connectivity index (χ0n) is 15.3. The summed E-state index contributed by atoms with van der Waals surface area (Å²) < 4.78 is 1.72. The van der Waals surface area contributed by atoms with Crippen molar-refractivity contribution in [2.45, 2.75) is 26.2 Å². The van der Waals surface area contributed by atoms with Crippen LogP contribution >= 0.6 is 0 Å². The Hall–Kier alpha value is -3.14. The van der Waals surface area contributed by atoms with Crippen LogP contribution in [-0.4, -0.2) is 14.6 Å². The Morgan fingerprint density at radius 1 is 0.885 bits per heavy atom. The summed E-state index contributed by atoms with van der Waals surface area (Å²) in [6.07, 6.45) is 1.81. The molecule has 4 aromatic rings. The van der Waals surface area contributed by atoms with Crippen LogP contribution in [0.25, 0.3) is 28.0 Å². The Kier molecular flexibility index (Phi) is 3.76. The third-order valence-corrected chi connectivity index (χ3v) is 4.65. The van der Waals surface area contributed by atoms with Gasteiger partial charge in [0.2, 0.25) is 0 Å². The number of rotatable bonds is 2. The Morgan fingerprint density at radius 3 is 2.23 bits per heavy atom. The van der Waals surface area contributed by atoms with Gasteiger partial charge in [-0.2, -0.15) is 9.61 Å². The van der Waals surface area contributed by atoms with E-state index in [0.717, 1.165) is 28.0 Å². The van der Waals surface area contributed by atoms with Gasteiger partial charge in [-0.3, -0.25) is 0 Å². The highest BCUT2D eigenvalue weighted by atomic mass is 15.3. The molecule has 0 fully saturated rings. The van der Waals surface area contributed by atoms with Crippen molar-refractivity contribution in [2.75, 3.05) is 5.73 Å². The first-order valence-electron chi connectivity index (χ1n) is 8.74. The fourth-order valence-corrected chi connectivity index (χ4v) is 3.07. The van der Waals surface area contributed by atoms with Gasteiger partial charge in [0.15, 0.2) is 5.65 Å². The fraction of sp³-hybridized carbons (Fsp3) is 0.182. The van der Waals surface area contributed by atoms with E-state index < -0.39 is 0 Å².